The van der Waals surface area contributed by atoms with Gasteiger partial charge in [-0.05, 0) is 25.3 Å². The van der Waals surface area contributed by atoms with E-state index in [0.29, 0.717) is 12.8 Å². The summed E-state index contributed by atoms with van der Waals surface area (Å²) < 4.78 is 9.88. The Kier molecular flexibility index (Phi) is 7.36. The first-order chi connectivity index (χ1) is 17.5. The number of carbonyl (C=O) groups excluding carboxylic acids is 3. The van der Waals surface area contributed by atoms with Crippen molar-refractivity contribution in [1.82, 2.24) is 0 Å². The van der Waals surface area contributed by atoms with E-state index >= 15 is 0 Å². The molecule has 1 heterocycles. The maximum atomic E-state index is 13.1. The summed E-state index contributed by atoms with van der Waals surface area (Å²) in [5.74, 6) is -2.99. The van der Waals surface area contributed by atoms with Crippen molar-refractivity contribution >= 4 is 17.3 Å². The molecule has 0 amide bonds. The molecule has 3 atom stereocenters. The molecular weight excluding hydrogens is 488 g/mol. The minimum absolute atomic E-state index is 0.00456. The lowest BCUT2D eigenvalue weighted by molar-refractivity contribution is -0.155. The molecule has 2 aliphatic carbocycles. The molecule has 0 spiro atoms. The molecule has 0 bridgehead atoms. The molecule has 1 fully saturated rings. The van der Waals surface area contributed by atoms with Gasteiger partial charge in [-0.3, -0.25) is 14.4 Å². The van der Waals surface area contributed by atoms with Crippen LogP contribution in [0.25, 0.3) is 0 Å². The molecule has 0 radical (unpaired) electrons. The first-order valence-corrected chi connectivity index (χ1v) is 11.7. The molecule has 2 unspecified atom stereocenters. The number of phenolic OH excluding ortho intramolecular Hbond substituents is 2. The monoisotopic (exact) mass is 516 g/mol. The summed E-state index contributed by atoms with van der Waals surface area (Å²) in [6.07, 6.45) is -0.308. The van der Waals surface area contributed by atoms with Gasteiger partial charge in [0.25, 0.3) is 0 Å². The number of ketones is 3. The van der Waals surface area contributed by atoms with Crippen molar-refractivity contribution in [3.8, 4) is 17.2 Å². The lowest BCUT2D eigenvalue weighted by Crippen LogP contribution is -2.45. The van der Waals surface area contributed by atoms with Crippen LogP contribution in [0, 0.1) is 0 Å². The third kappa shape index (κ3) is 4.60. The molecule has 2 aromatic carbocycles. The number of aliphatic hydroxyl groups excluding tert-OH is 3. The average Bonchev–Trinajstić information content (AvgIpc) is 2.90. The highest BCUT2D eigenvalue weighted by atomic mass is 16.6. The second kappa shape index (κ2) is 10.2. The van der Waals surface area contributed by atoms with Gasteiger partial charge in [0.05, 0.1) is 36.5 Å². The molecule has 5 rings (SSSR count). The van der Waals surface area contributed by atoms with Crippen molar-refractivity contribution in [1.29, 1.82) is 0 Å². The van der Waals surface area contributed by atoms with Crippen LogP contribution >= 0.6 is 0 Å². The number of carbonyl (C=O) groups is 3. The first kappa shape index (κ1) is 26.7. The van der Waals surface area contributed by atoms with Gasteiger partial charge in [-0.15, -0.1) is 0 Å². The number of benzene rings is 2. The van der Waals surface area contributed by atoms with Gasteiger partial charge < -0.3 is 40.1 Å². The normalized spacial score (nSPS) is 24.2. The van der Waals surface area contributed by atoms with Gasteiger partial charge in [-0.25, -0.2) is 0 Å². The van der Waals surface area contributed by atoms with Gasteiger partial charge >= 0.3 is 0 Å². The third-order valence-electron chi connectivity index (χ3n) is 6.98. The number of methoxy groups -OCH3 is 1. The molecule has 6 N–H and O–H groups in total. The fourth-order valence-corrected chi connectivity index (χ4v) is 4.93. The van der Waals surface area contributed by atoms with Gasteiger partial charge in [-0.2, -0.15) is 0 Å². The Hall–Kier alpha value is -3.35. The lowest BCUT2D eigenvalue weighted by atomic mass is 9.73. The largest absolute Gasteiger partial charge is 0.507 e. The molecule has 2 aromatic rings. The molecule has 11 nitrogen and oxygen atoms in total. The summed E-state index contributed by atoms with van der Waals surface area (Å²) in [4.78, 5) is 38.2. The Labute approximate surface area is 211 Å². The quantitative estimate of drug-likeness (QED) is 0.260. The number of hydrogen-bond donors (Lipinski definition) is 6. The highest BCUT2D eigenvalue weighted by Crippen LogP contribution is 2.48. The fraction of sp³-hybridized carbons (Fsp3) is 0.423. The average molecular weight is 516 g/mol. The van der Waals surface area contributed by atoms with Gasteiger partial charge in [-0.1, -0.05) is 12.1 Å². The Balaban J connectivity index is 0.000000342. The zero-order valence-electron chi connectivity index (χ0n) is 20.1. The molecule has 0 aromatic heterocycles. The SMILES string of the molecule is COc1cccc2c1C(=O)c1c(O)c3c(c(O)c1C2=O)C[C@@](O)(C(=O)CO)CC3.OC1CCC(O)OC1. The number of aromatic hydroxyl groups is 2. The summed E-state index contributed by atoms with van der Waals surface area (Å²) in [6, 6.07) is 4.47. The molecule has 1 saturated heterocycles. The molecule has 0 saturated carbocycles. The van der Waals surface area contributed by atoms with E-state index in [1.807, 2.05) is 0 Å². The summed E-state index contributed by atoms with van der Waals surface area (Å²) in [6.45, 7) is -0.602. The van der Waals surface area contributed by atoms with E-state index in [1.165, 1.54) is 25.3 Å². The topological polar surface area (TPSA) is 191 Å². The molecular formula is C26H28O11. The number of ether oxygens (including phenoxy) is 2. The predicted molar refractivity (Wildman–Crippen MR) is 126 cm³/mol. The van der Waals surface area contributed by atoms with E-state index < -0.39 is 47.3 Å². The van der Waals surface area contributed by atoms with Crippen molar-refractivity contribution in [3.05, 3.63) is 51.6 Å². The van der Waals surface area contributed by atoms with Crippen LogP contribution in [0.5, 0.6) is 17.2 Å². The summed E-state index contributed by atoms with van der Waals surface area (Å²) in [7, 11) is 1.35. The van der Waals surface area contributed by atoms with Crippen LogP contribution in [0.15, 0.2) is 18.2 Å². The van der Waals surface area contributed by atoms with E-state index in [9.17, 15) is 29.7 Å². The second-order valence-electron chi connectivity index (χ2n) is 9.25. The van der Waals surface area contributed by atoms with Crippen molar-refractivity contribution in [2.45, 2.75) is 50.1 Å². The molecule has 11 heteroatoms. The maximum Gasteiger partial charge on any atom is 0.202 e. The zero-order chi connectivity index (χ0) is 27.1. The minimum Gasteiger partial charge on any atom is -0.507 e. The Bertz CT molecular complexity index is 1250. The zero-order valence-corrected chi connectivity index (χ0v) is 20.1. The molecule has 198 valence electrons. The number of hydrogen-bond acceptors (Lipinski definition) is 11. The molecule has 37 heavy (non-hydrogen) atoms. The van der Waals surface area contributed by atoms with Gasteiger partial charge in [0, 0.05) is 29.5 Å². The standard InChI is InChI=1S/C21H18O8.C5H10O3/c1-29-12-4-2-3-10-14(12)20(27)16-15(18(10)25)19(26)11-7-21(28,13(23)8-22)6-5-9(11)17(16)24;6-4-1-2-5(7)8-3-4/h2-4,22,24,26,28H,5-8H2,1H3;4-7H,1-3H2/t21-;/m1./s1. The van der Waals surface area contributed by atoms with E-state index in [-0.39, 0.29) is 71.1 Å². The summed E-state index contributed by atoms with van der Waals surface area (Å²) >= 11 is 0. The van der Waals surface area contributed by atoms with Crippen LogP contribution in [-0.4, -0.2) is 86.3 Å². The van der Waals surface area contributed by atoms with E-state index in [4.69, 9.17) is 24.8 Å². The van der Waals surface area contributed by atoms with Gasteiger partial charge in [0.2, 0.25) is 5.78 Å². The Morgan fingerprint density at radius 2 is 1.73 bits per heavy atom. The predicted octanol–water partition coefficient (Wildman–Crippen LogP) is 0.139. The van der Waals surface area contributed by atoms with E-state index in [0.717, 1.165) is 0 Å². The summed E-state index contributed by atoms with van der Waals surface area (Å²) in [5.41, 5.74) is -2.38. The Morgan fingerprint density at radius 1 is 1.05 bits per heavy atom. The fourth-order valence-electron chi connectivity index (χ4n) is 4.93. The highest BCUT2D eigenvalue weighted by molar-refractivity contribution is 6.31. The van der Waals surface area contributed by atoms with Gasteiger partial charge in [0.15, 0.2) is 17.9 Å². The second-order valence-corrected chi connectivity index (χ2v) is 9.25. The number of Topliss-reactive ketones (excluding diaryl/α,β-unsaturated/α-hetero) is 1. The van der Waals surface area contributed by atoms with E-state index in [2.05, 4.69) is 0 Å². The van der Waals surface area contributed by atoms with Crippen molar-refractivity contribution in [2.24, 2.45) is 0 Å². The van der Waals surface area contributed by atoms with Crippen LogP contribution < -0.4 is 4.74 Å². The van der Waals surface area contributed by atoms with Crippen molar-refractivity contribution in [3.63, 3.8) is 0 Å². The Morgan fingerprint density at radius 3 is 2.32 bits per heavy atom. The highest BCUT2D eigenvalue weighted by Gasteiger charge is 2.45. The van der Waals surface area contributed by atoms with Crippen LogP contribution in [0.3, 0.4) is 0 Å². The molecule has 3 aliphatic rings. The molecule has 1 aliphatic heterocycles. The number of fused-ring (bicyclic) bond motifs is 3. The number of phenols is 2. The minimum atomic E-state index is -1.93. The smallest absolute Gasteiger partial charge is 0.202 e. The first-order valence-electron chi connectivity index (χ1n) is 11.7. The lowest BCUT2D eigenvalue weighted by Gasteiger charge is -2.34. The van der Waals surface area contributed by atoms with E-state index in [1.54, 1.807) is 0 Å². The van der Waals surface area contributed by atoms with Crippen LogP contribution in [0.1, 0.15) is 62.2 Å². The third-order valence-corrected chi connectivity index (χ3v) is 6.98. The van der Waals surface area contributed by atoms with Crippen molar-refractivity contribution in [2.75, 3.05) is 20.3 Å². The van der Waals surface area contributed by atoms with Crippen LogP contribution in [0.4, 0.5) is 0 Å². The van der Waals surface area contributed by atoms with Gasteiger partial charge in [0.1, 0.15) is 29.5 Å². The van der Waals surface area contributed by atoms with Crippen molar-refractivity contribution < 1.29 is 54.5 Å². The van der Waals surface area contributed by atoms with Crippen LogP contribution in [-0.2, 0) is 22.4 Å². The number of rotatable bonds is 3. The maximum absolute atomic E-state index is 13.1. The number of aliphatic hydroxyl groups is 4. The van der Waals surface area contributed by atoms with Crippen LogP contribution in [0.2, 0.25) is 0 Å². The summed E-state index contributed by atoms with van der Waals surface area (Å²) in [5, 5.41) is 58.8.